The summed E-state index contributed by atoms with van der Waals surface area (Å²) in [5.41, 5.74) is 8.39. The number of pyridine rings is 1. The molecule has 1 aromatic carbocycles. The zero-order valence-corrected chi connectivity index (χ0v) is 12.3. The zero-order valence-electron chi connectivity index (χ0n) is 12.3. The topological polar surface area (TPSA) is 42.1 Å². The summed E-state index contributed by atoms with van der Waals surface area (Å²) in [6.07, 6.45) is 3.40. The molecule has 0 spiro atoms. The van der Waals surface area contributed by atoms with Crippen molar-refractivity contribution in [3.8, 4) is 0 Å². The van der Waals surface area contributed by atoms with Crippen LogP contribution in [0.2, 0.25) is 0 Å². The van der Waals surface area contributed by atoms with Crippen molar-refractivity contribution < 1.29 is 0 Å². The highest BCUT2D eigenvalue weighted by Crippen LogP contribution is 2.30. The lowest BCUT2D eigenvalue weighted by Crippen LogP contribution is -2.29. The van der Waals surface area contributed by atoms with E-state index in [2.05, 4.69) is 49.1 Å². The Labute approximate surface area is 120 Å². The molecular formula is C17H23N3. The van der Waals surface area contributed by atoms with Crippen LogP contribution in [0.4, 0.5) is 5.82 Å². The van der Waals surface area contributed by atoms with E-state index >= 15 is 0 Å². The maximum Gasteiger partial charge on any atom is 0.132 e. The van der Waals surface area contributed by atoms with Gasteiger partial charge in [0.1, 0.15) is 5.82 Å². The Morgan fingerprint density at radius 3 is 2.90 bits per heavy atom. The monoisotopic (exact) mass is 269 g/mol. The van der Waals surface area contributed by atoms with E-state index in [-0.39, 0.29) is 6.04 Å². The van der Waals surface area contributed by atoms with Crippen molar-refractivity contribution in [1.82, 2.24) is 4.98 Å². The molecule has 1 fully saturated rings. The number of anilines is 1. The summed E-state index contributed by atoms with van der Waals surface area (Å²) in [7, 11) is 0. The summed E-state index contributed by atoms with van der Waals surface area (Å²) < 4.78 is 0. The number of nitrogens with zero attached hydrogens (tertiary/aromatic N) is 2. The van der Waals surface area contributed by atoms with Crippen molar-refractivity contribution >= 4 is 16.7 Å². The Morgan fingerprint density at radius 1 is 1.40 bits per heavy atom. The zero-order chi connectivity index (χ0) is 14.1. The van der Waals surface area contributed by atoms with Gasteiger partial charge in [0.25, 0.3) is 0 Å². The number of rotatable bonds is 3. The summed E-state index contributed by atoms with van der Waals surface area (Å²) in [6, 6.07) is 11.4. The molecule has 0 saturated carbocycles. The number of nitrogens with two attached hydrogens (primary N) is 1. The molecule has 3 rings (SSSR count). The Bertz CT molecular complexity index is 606. The van der Waals surface area contributed by atoms with Crippen molar-refractivity contribution in [2.75, 3.05) is 11.4 Å². The second-order valence-electron chi connectivity index (χ2n) is 6.03. The molecule has 3 heteroatoms. The average Bonchev–Trinajstić information content (AvgIpc) is 2.83. The molecule has 3 nitrogen and oxygen atoms in total. The van der Waals surface area contributed by atoms with Crippen LogP contribution in [0, 0.1) is 0 Å². The summed E-state index contributed by atoms with van der Waals surface area (Å²) in [5.74, 6) is 1.14. The van der Waals surface area contributed by atoms with Crippen molar-refractivity contribution in [2.24, 2.45) is 5.73 Å². The molecule has 2 heterocycles. The standard InChI is InChI=1S/C17H23N3/c1-12(18)10-15-11-14-7-3-4-8-16(14)19-17(15)20-9-5-6-13(20)2/h3-4,7-8,11-13H,5-6,9-10,18H2,1-2H3. The van der Waals surface area contributed by atoms with E-state index in [1.165, 1.54) is 23.8 Å². The lowest BCUT2D eigenvalue weighted by Gasteiger charge is -2.26. The molecule has 1 aliphatic rings. The van der Waals surface area contributed by atoms with Crippen LogP contribution >= 0.6 is 0 Å². The minimum atomic E-state index is 0.162. The number of para-hydroxylation sites is 1. The van der Waals surface area contributed by atoms with Gasteiger partial charge in [-0.2, -0.15) is 0 Å². The largest absolute Gasteiger partial charge is 0.354 e. The Morgan fingerprint density at radius 2 is 2.20 bits per heavy atom. The lowest BCUT2D eigenvalue weighted by atomic mass is 10.0. The maximum atomic E-state index is 6.02. The van der Waals surface area contributed by atoms with Gasteiger partial charge in [0, 0.05) is 24.0 Å². The molecule has 2 N–H and O–H groups in total. The van der Waals surface area contributed by atoms with E-state index in [0.717, 1.165) is 24.3 Å². The van der Waals surface area contributed by atoms with E-state index in [0.29, 0.717) is 6.04 Å². The van der Waals surface area contributed by atoms with E-state index in [4.69, 9.17) is 10.7 Å². The van der Waals surface area contributed by atoms with Gasteiger partial charge in [-0.05, 0) is 50.8 Å². The van der Waals surface area contributed by atoms with Gasteiger partial charge in [0.15, 0.2) is 0 Å². The Hall–Kier alpha value is -1.61. The second-order valence-corrected chi connectivity index (χ2v) is 6.03. The SMILES string of the molecule is CC(N)Cc1cc2ccccc2nc1N1CCCC1C. The van der Waals surface area contributed by atoms with Gasteiger partial charge in [0.05, 0.1) is 5.52 Å². The van der Waals surface area contributed by atoms with Crippen molar-refractivity contribution in [3.63, 3.8) is 0 Å². The molecule has 2 aromatic rings. The van der Waals surface area contributed by atoms with Gasteiger partial charge in [-0.25, -0.2) is 4.98 Å². The van der Waals surface area contributed by atoms with Crippen LogP contribution in [0.3, 0.4) is 0 Å². The number of fused-ring (bicyclic) bond motifs is 1. The highest BCUT2D eigenvalue weighted by Gasteiger charge is 2.24. The number of aromatic nitrogens is 1. The van der Waals surface area contributed by atoms with Gasteiger partial charge in [-0.15, -0.1) is 0 Å². The molecule has 0 bridgehead atoms. The third-order valence-corrected chi connectivity index (χ3v) is 4.15. The summed E-state index contributed by atoms with van der Waals surface area (Å²) in [4.78, 5) is 7.38. The number of hydrogen-bond donors (Lipinski definition) is 1. The third kappa shape index (κ3) is 2.50. The first-order valence-electron chi connectivity index (χ1n) is 7.56. The molecule has 0 aliphatic carbocycles. The highest BCUT2D eigenvalue weighted by atomic mass is 15.2. The highest BCUT2D eigenvalue weighted by molar-refractivity contribution is 5.82. The number of benzene rings is 1. The maximum absolute atomic E-state index is 6.02. The summed E-state index contributed by atoms with van der Waals surface area (Å²) >= 11 is 0. The second kappa shape index (κ2) is 5.41. The molecule has 2 atom stereocenters. The first kappa shape index (κ1) is 13.4. The van der Waals surface area contributed by atoms with Crippen LogP contribution in [-0.2, 0) is 6.42 Å². The van der Waals surface area contributed by atoms with Crippen LogP contribution in [0.15, 0.2) is 30.3 Å². The van der Waals surface area contributed by atoms with Crippen molar-refractivity contribution in [2.45, 2.75) is 45.2 Å². The van der Waals surface area contributed by atoms with E-state index in [9.17, 15) is 0 Å². The fourth-order valence-corrected chi connectivity index (χ4v) is 3.14. The normalized spacial score (nSPS) is 20.6. The van der Waals surface area contributed by atoms with Gasteiger partial charge in [0.2, 0.25) is 0 Å². The predicted molar refractivity (Wildman–Crippen MR) is 85.1 cm³/mol. The van der Waals surface area contributed by atoms with Crippen LogP contribution < -0.4 is 10.6 Å². The quantitative estimate of drug-likeness (QED) is 0.931. The molecule has 0 amide bonds. The molecule has 2 unspecified atom stereocenters. The summed E-state index contributed by atoms with van der Waals surface area (Å²) in [5, 5.41) is 1.21. The van der Waals surface area contributed by atoms with E-state index in [1.54, 1.807) is 0 Å². The molecular weight excluding hydrogens is 246 g/mol. The molecule has 106 valence electrons. The van der Waals surface area contributed by atoms with Gasteiger partial charge < -0.3 is 10.6 Å². The number of hydrogen-bond acceptors (Lipinski definition) is 3. The van der Waals surface area contributed by atoms with Crippen molar-refractivity contribution in [1.29, 1.82) is 0 Å². The minimum absolute atomic E-state index is 0.162. The van der Waals surface area contributed by atoms with E-state index < -0.39 is 0 Å². The van der Waals surface area contributed by atoms with Gasteiger partial charge >= 0.3 is 0 Å². The molecule has 1 aromatic heterocycles. The van der Waals surface area contributed by atoms with Crippen LogP contribution in [0.1, 0.15) is 32.3 Å². The van der Waals surface area contributed by atoms with Crippen LogP contribution in [0.25, 0.3) is 10.9 Å². The fraction of sp³-hybridized carbons (Fsp3) is 0.471. The molecule has 0 radical (unpaired) electrons. The smallest absolute Gasteiger partial charge is 0.132 e. The minimum Gasteiger partial charge on any atom is -0.354 e. The van der Waals surface area contributed by atoms with Crippen LogP contribution in [-0.4, -0.2) is 23.6 Å². The fourth-order valence-electron chi connectivity index (χ4n) is 3.14. The third-order valence-electron chi connectivity index (χ3n) is 4.15. The van der Waals surface area contributed by atoms with Gasteiger partial charge in [-0.3, -0.25) is 0 Å². The first-order valence-corrected chi connectivity index (χ1v) is 7.56. The molecule has 1 saturated heterocycles. The van der Waals surface area contributed by atoms with Crippen LogP contribution in [0.5, 0.6) is 0 Å². The lowest BCUT2D eigenvalue weighted by molar-refractivity contribution is 0.705. The summed E-state index contributed by atoms with van der Waals surface area (Å²) in [6.45, 7) is 5.46. The molecule has 1 aliphatic heterocycles. The Balaban J connectivity index is 2.11. The van der Waals surface area contributed by atoms with Crippen molar-refractivity contribution in [3.05, 3.63) is 35.9 Å². The predicted octanol–water partition coefficient (Wildman–Crippen LogP) is 3.11. The average molecular weight is 269 g/mol. The Kier molecular flexibility index (Phi) is 3.62. The van der Waals surface area contributed by atoms with E-state index in [1.807, 2.05) is 0 Å². The first-order chi connectivity index (χ1) is 9.65. The van der Waals surface area contributed by atoms with Gasteiger partial charge in [-0.1, -0.05) is 18.2 Å². The molecule has 20 heavy (non-hydrogen) atoms.